The molecular formula is C17H26N6O2. The SMILES string of the molecule is Cc1cc(CN2CCN(CC(=O)Nc3c(C)nn(C)c3C)CC2)on1. The molecule has 0 atom stereocenters. The zero-order valence-electron chi connectivity index (χ0n) is 15.4. The van der Waals surface area contributed by atoms with E-state index in [0.717, 1.165) is 61.3 Å². The summed E-state index contributed by atoms with van der Waals surface area (Å²) in [6, 6.07) is 1.97. The van der Waals surface area contributed by atoms with Gasteiger partial charge in [-0.1, -0.05) is 5.16 Å². The van der Waals surface area contributed by atoms with Crippen LogP contribution in [0.1, 0.15) is 22.8 Å². The van der Waals surface area contributed by atoms with E-state index in [1.165, 1.54) is 0 Å². The molecule has 1 saturated heterocycles. The van der Waals surface area contributed by atoms with Crippen LogP contribution in [0.15, 0.2) is 10.6 Å². The van der Waals surface area contributed by atoms with Crippen LogP contribution in [-0.2, 0) is 18.4 Å². The largest absolute Gasteiger partial charge is 0.360 e. The van der Waals surface area contributed by atoms with Crippen molar-refractivity contribution in [3.63, 3.8) is 0 Å². The lowest BCUT2D eigenvalue weighted by atomic mass is 10.2. The number of piperazine rings is 1. The predicted octanol–water partition coefficient (Wildman–Crippen LogP) is 1.09. The minimum absolute atomic E-state index is 0.0125. The Morgan fingerprint density at radius 3 is 2.44 bits per heavy atom. The van der Waals surface area contributed by atoms with E-state index in [-0.39, 0.29) is 5.91 Å². The normalized spacial score (nSPS) is 16.3. The van der Waals surface area contributed by atoms with Gasteiger partial charge >= 0.3 is 0 Å². The van der Waals surface area contributed by atoms with Crippen LogP contribution in [0.3, 0.4) is 0 Å². The van der Waals surface area contributed by atoms with Crippen molar-refractivity contribution in [3.05, 3.63) is 28.9 Å². The summed E-state index contributed by atoms with van der Waals surface area (Å²) in [5.74, 6) is 0.907. The third kappa shape index (κ3) is 4.26. The van der Waals surface area contributed by atoms with Gasteiger partial charge in [0.2, 0.25) is 5.91 Å². The number of aromatic nitrogens is 3. The smallest absolute Gasteiger partial charge is 0.238 e. The summed E-state index contributed by atoms with van der Waals surface area (Å²) in [4.78, 5) is 16.8. The van der Waals surface area contributed by atoms with Crippen molar-refractivity contribution in [1.29, 1.82) is 0 Å². The molecule has 0 aromatic carbocycles. The van der Waals surface area contributed by atoms with Gasteiger partial charge in [0.15, 0.2) is 5.76 Å². The summed E-state index contributed by atoms with van der Waals surface area (Å²) >= 11 is 0. The molecule has 2 aromatic heterocycles. The van der Waals surface area contributed by atoms with E-state index < -0.39 is 0 Å². The molecule has 1 aliphatic heterocycles. The second-order valence-corrected chi connectivity index (χ2v) is 6.70. The van der Waals surface area contributed by atoms with Gasteiger partial charge in [-0.15, -0.1) is 0 Å². The number of hydrogen-bond donors (Lipinski definition) is 1. The van der Waals surface area contributed by atoms with E-state index in [9.17, 15) is 4.79 Å². The molecule has 1 amide bonds. The van der Waals surface area contributed by atoms with Gasteiger partial charge < -0.3 is 9.84 Å². The zero-order chi connectivity index (χ0) is 18.0. The Labute approximate surface area is 147 Å². The summed E-state index contributed by atoms with van der Waals surface area (Å²) in [5.41, 5.74) is 3.55. The first-order chi connectivity index (χ1) is 11.9. The fourth-order valence-corrected chi connectivity index (χ4v) is 3.15. The summed E-state index contributed by atoms with van der Waals surface area (Å²) in [6.07, 6.45) is 0. The fraction of sp³-hybridized carbons (Fsp3) is 0.588. The number of aryl methyl sites for hydroxylation is 3. The van der Waals surface area contributed by atoms with E-state index in [2.05, 4.69) is 25.4 Å². The van der Waals surface area contributed by atoms with E-state index in [4.69, 9.17) is 4.52 Å². The van der Waals surface area contributed by atoms with Crippen LogP contribution in [0.4, 0.5) is 5.69 Å². The van der Waals surface area contributed by atoms with Crippen molar-refractivity contribution in [2.45, 2.75) is 27.3 Å². The molecule has 25 heavy (non-hydrogen) atoms. The Morgan fingerprint density at radius 2 is 1.88 bits per heavy atom. The summed E-state index contributed by atoms with van der Waals surface area (Å²) in [7, 11) is 1.88. The number of hydrogen-bond acceptors (Lipinski definition) is 6. The maximum Gasteiger partial charge on any atom is 0.238 e. The Morgan fingerprint density at radius 1 is 1.20 bits per heavy atom. The molecule has 0 bridgehead atoms. The molecular weight excluding hydrogens is 320 g/mol. The van der Waals surface area contributed by atoms with E-state index in [0.29, 0.717) is 6.54 Å². The number of carbonyl (C=O) groups is 1. The van der Waals surface area contributed by atoms with Gasteiger partial charge in [0.05, 0.1) is 35.9 Å². The maximum atomic E-state index is 12.3. The van der Waals surface area contributed by atoms with Crippen molar-refractivity contribution in [3.8, 4) is 0 Å². The summed E-state index contributed by atoms with van der Waals surface area (Å²) < 4.78 is 7.06. The topological polar surface area (TPSA) is 79.4 Å². The van der Waals surface area contributed by atoms with Crippen LogP contribution >= 0.6 is 0 Å². The van der Waals surface area contributed by atoms with Gasteiger partial charge in [0.25, 0.3) is 0 Å². The zero-order valence-corrected chi connectivity index (χ0v) is 15.4. The van der Waals surface area contributed by atoms with Gasteiger partial charge in [0.1, 0.15) is 0 Å². The molecule has 0 spiro atoms. The molecule has 0 aliphatic carbocycles. The Balaban J connectivity index is 1.46. The number of carbonyl (C=O) groups excluding carboxylic acids is 1. The lowest BCUT2D eigenvalue weighted by Gasteiger charge is -2.33. The highest BCUT2D eigenvalue weighted by atomic mass is 16.5. The number of anilines is 1. The second-order valence-electron chi connectivity index (χ2n) is 6.70. The van der Waals surface area contributed by atoms with E-state index in [1.54, 1.807) is 4.68 Å². The van der Waals surface area contributed by atoms with Crippen LogP contribution in [0, 0.1) is 20.8 Å². The highest BCUT2D eigenvalue weighted by molar-refractivity contribution is 5.93. The molecule has 0 radical (unpaired) electrons. The molecule has 8 heteroatoms. The minimum Gasteiger partial charge on any atom is -0.360 e. The van der Waals surface area contributed by atoms with Gasteiger partial charge in [-0.05, 0) is 20.8 Å². The monoisotopic (exact) mass is 346 g/mol. The quantitative estimate of drug-likeness (QED) is 0.873. The molecule has 0 saturated carbocycles. The third-order valence-electron chi connectivity index (χ3n) is 4.66. The van der Waals surface area contributed by atoms with Crippen molar-refractivity contribution in [1.82, 2.24) is 24.7 Å². The van der Waals surface area contributed by atoms with Crippen molar-refractivity contribution >= 4 is 11.6 Å². The molecule has 3 rings (SSSR count). The minimum atomic E-state index is 0.0125. The Bertz CT molecular complexity index is 742. The predicted molar refractivity (Wildman–Crippen MR) is 94.3 cm³/mol. The molecule has 8 nitrogen and oxygen atoms in total. The van der Waals surface area contributed by atoms with Crippen LogP contribution in [0.5, 0.6) is 0 Å². The van der Waals surface area contributed by atoms with Gasteiger partial charge in [-0.25, -0.2) is 0 Å². The second kappa shape index (κ2) is 7.37. The van der Waals surface area contributed by atoms with E-state index in [1.807, 2.05) is 33.9 Å². The van der Waals surface area contributed by atoms with Gasteiger partial charge in [-0.3, -0.25) is 19.3 Å². The average molecular weight is 346 g/mol. The summed E-state index contributed by atoms with van der Waals surface area (Å²) in [6.45, 7) is 10.5. The van der Waals surface area contributed by atoms with Crippen LogP contribution in [0.2, 0.25) is 0 Å². The van der Waals surface area contributed by atoms with Crippen molar-refractivity contribution in [2.75, 3.05) is 38.0 Å². The third-order valence-corrected chi connectivity index (χ3v) is 4.66. The fourth-order valence-electron chi connectivity index (χ4n) is 3.15. The molecule has 0 unspecified atom stereocenters. The Hall–Kier alpha value is -2.19. The van der Waals surface area contributed by atoms with Gasteiger partial charge in [-0.2, -0.15) is 5.10 Å². The first-order valence-electron chi connectivity index (χ1n) is 8.59. The highest BCUT2D eigenvalue weighted by Gasteiger charge is 2.21. The average Bonchev–Trinajstić information content (AvgIpc) is 3.07. The number of rotatable bonds is 5. The van der Waals surface area contributed by atoms with Gasteiger partial charge in [0, 0.05) is 39.3 Å². The standard InChI is InChI=1S/C17H26N6O2/c1-12-9-15(25-20-12)10-22-5-7-23(8-6-22)11-16(24)18-17-13(2)19-21(4)14(17)3/h9H,5-8,10-11H2,1-4H3,(H,18,24). The van der Waals surface area contributed by atoms with Crippen molar-refractivity contribution in [2.24, 2.45) is 7.05 Å². The number of amides is 1. The molecule has 136 valence electrons. The van der Waals surface area contributed by atoms with E-state index >= 15 is 0 Å². The number of nitrogens with zero attached hydrogens (tertiary/aromatic N) is 5. The van der Waals surface area contributed by atoms with Crippen LogP contribution in [-0.4, -0.2) is 63.4 Å². The summed E-state index contributed by atoms with van der Waals surface area (Å²) in [5, 5.41) is 11.2. The lowest BCUT2D eigenvalue weighted by Crippen LogP contribution is -2.48. The van der Waals surface area contributed by atoms with Crippen molar-refractivity contribution < 1.29 is 9.32 Å². The molecule has 2 aromatic rings. The molecule has 1 fully saturated rings. The lowest BCUT2D eigenvalue weighted by molar-refractivity contribution is -0.117. The van der Waals surface area contributed by atoms with Crippen LogP contribution in [0.25, 0.3) is 0 Å². The maximum absolute atomic E-state index is 12.3. The van der Waals surface area contributed by atoms with Crippen LogP contribution < -0.4 is 5.32 Å². The first-order valence-corrected chi connectivity index (χ1v) is 8.59. The molecule has 1 N–H and O–H groups in total. The first kappa shape index (κ1) is 17.6. The molecule has 3 heterocycles. The number of nitrogens with one attached hydrogen (secondary N) is 1. The Kier molecular flexibility index (Phi) is 5.19. The molecule has 1 aliphatic rings. The highest BCUT2D eigenvalue weighted by Crippen LogP contribution is 2.18.